The molecule has 0 unspecified atom stereocenters. The Hall–Kier alpha value is -3.27. The molecule has 0 saturated carbocycles. The number of hydrogen-bond donors (Lipinski definition) is 2. The molecule has 1 atom stereocenters. The van der Waals surface area contributed by atoms with Crippen LogP contribution in [-0.2, 0) is 9.59 Å². The Morgan fingerprint density at radius 1 is 1.07 bits per heavy atom. The fraction of sp³-hybridized carbons (Fsp3) is 0.263. The zero-order valence-corrected chi connectivity index (χ0v) is 16.7. The lowest BCUT2D eigenvalue weighted by atomic mass is 10.3. The molecule has 0 heterocycles. The number of ether oxygens (including phenoxy) is 2. The van der Waals surface area contributed by atoms with Gasteiger partial charge in [-0.05, 0) is 50.2 Å². The standard InChI is InChI=1S/C19H21N3O6S/c1-3-27-15-6-8-16(9-7-15)28-13(2)19(24)21-20-18(23)12-29-17-10-4-14(5-11-17)22(25)26/h4-11,13H,3,12H2,1-2H3,(H,20,23)(H,21,24)/t13-/m1/s1. The molecule has 2 N–H and O–H groups in total. The Morgan fingerprint density at radius 3 is 2.28 bits per heavy atom. The number of carbonyl (C=O) groups is 2. The second-order valence-corrected chi connectivity index (χ2v) is 6.79. The number of hydrogen-bond acceptors (Lipinski definition) is 7. The van der Waals surface area contributed by atoms with Gasteiger partial charge in [-0.3, -0.25) is 30.6 Å². The number of nitrogens with one attached hydrogen (secondary N) is 2. The highest BCUT2D eigenvalue weighted by molar-refractivity contribution is 8.00. The number of carbonyl (C=O) groups excluding carboxylic acids is 2. The Balaban J connectivity index is 1.72. The minimum Gasteiger partial charge on any atom is -0.494 e. The monoisotopic (exact) mass is 419 g/mol. The molecule has 2 rings (SSSR count). The highest BCUT2D eigenvalue weighted by atomic mass is 32.2. The Labute approximate surface area is 171 Å². The van der Waals surface area contributed by atoms with Crippen LogP contribution in [0.1, 0.15) is 13.8 Å². The first-order valence-corrected chi connectivity index (χ1v) is 9.73. The van der Waals surface area contributed by atoms with E-state index in [0.717, 1.165) is 0 Å². The Bertz CT molecular complexity index is 842. The summed E-state index contributed by atoms with van der Waals surface area (Å²) in [6.07, 6.45) is -0.824. The van der Waals surface area contributed by atoms with Crippen LogP contribution in [0.4, 0.5) is 5.69 Å². The van der Waals surface area contributed by atoms with E-state index in [0.29, 0.717) is 23.0 Å². The van der Waals surface area contributed by atoms with Gasteiger partial charge in [0.2, 0.25) is 5.91 Å². The quantitative estimate of drug-likeness (QED) is 0.364. The molecule has 2 amide bonds. The number of nitrogens with zero attached hydrogens (tertiary/aromatic N) is 1. The molecule has 154 valence electrons. The van der Waals surface area contributed by atoms with Crippen molar-refractivity contribution >= 4 is 29.3 Å². The highest BCUT2D eigenvalue weighted by Crippen LogP contribution is 2.21. The average molecular weight is 419 g/mol. The van der Waals surface area contributed by atoms with Crippen LogP contribution in [0.25, 0.3) is 0 Å². The number of nitro benzene ring substituents is 1. The molecule has 0 bridgehead atoms. The minimum absolute atomic E-state index is 0.0208. The van der Waals surface area contributed by atoms with Crippen LogP contribution in [-0.4, -0.2) is 35.2 Å². The number of thioether (sulfide) groups is 1. The summed E-state index contributed by atoms with van der Waals surface area (Å²) in [6.45, 7) is 4.00. The van der Waals surface area contributed by atoms with E-state index in [1.165, 1.54) is 23.9 Å². The van der Waals surface area contributed by atoms with Crippen LogP contribution in [0.15, 0.2) is 53.4 Å². The Morgan fingerprint density at radius 2 is 1.69 bits per heavy atom. The van der Waals surface area contributed by atoms with Gasteiger partial charge in [-0.25, -0.2) is 0 Å². The molecule has 0 spiro atoms. The van der Waals surface area contributed by atoms with Crippen LogP contribution in [0.5, 0.6) is 11.5 Å². The van der Waals surface area contributed by atoms with E-state index in [2.05, 4.69) is 10.9 Å². The van der Waals surface area contributed by atoms with Crippen molar-refractivity contribution in [1.82, 2.24) is 10.9 Å². The lowest BCUT2D eigenvalue weighted by Crippen LogP contribution is -2.47. The molecule has 0 aliphatic heterocycles. The number of nitro groups is 1. The van der Waals surface area contributed by atoms with E-state index in [4.69, 9.17) is 9.47 Å². The molecule has 2 aromatic rings. The smallest absolute Gasteiger partial charge is 0.279 e. The molecule has 0 aliphatic carbocycles. The topological polar surface area (TPSA) is 120 Å². The van der Waals surface area contributed by atoms with Crippen molar-refractivity contribution in [1.29, 1.82) is 0 Å². The summed E-state index contributed by atoms with van der Waals surface area (Å²) in [5, 5.41) is 10.6. The predicted octanol–water partition coefficient (Wildman–Crippen LogP) is 2.70. The van der Waals surface area contributed by atoms with E-state index in [9.17, 15) is 19.7 Å². The van der Waals surface area contributed by atoms with Gasteiger partial charge < -0.3 is 9.47 Å². The molecule has 29 heavy (non-hydrogen) atoms. The number of benzene rings is 2. The zero-order chi connectivity index (χ0) is 21.2. The maximum absolute atomic E-state index is 12.1. The summed E-state index contributed by atoms with van der Waals surface area (Å²) in [6, 6.07) is 12.7. The first-order chi connectivity index (χ1) is 13.9. The van der Waals surface area contributed by atoms with Crippen LogP contribution in [0, 0.1) is 10.1 Å². The summed E-state index contributed by atoms with van der Waals surface area (Å²) in [7, 11) is 0. The summed E-state index contributed by atoms with van der Waals surface area (Å²) in [5.74, 6) is 0.306. The normalized spacial score (nSPS) is 11.2. The second-order valence-electron chi connectivity index (χ2n) is 5.74. The van der Waals surface area contributed by atoms with Crippen LogP contribution >= 0.6 is 11.8 Å². The number of rotatable bonds is 9. The summed E-state index contributed by atoms with van der Waals surface area (Å²) >= 11 is 1.19. The summed E-state index contributed by atoms with van der Waals surface area (Å²) < 4.78 is 10.9. The molecule has 0 radical (unpaired) electrons. The lowest BCUT2D eigenvalue weighted by molar-refractivity contribution is -0.384. The van der Waals surface area contributed by atoms with Crippen molar-refractivity contribution in [2.75, 3.05) is 12.4 Å². The van der Waals surface area contributed by atoms with Gasteiger partial charge in [0.1, 0.15) is 11.5 Å². The number of hydrazine groups is 1. The minimum atomic E-state index is -0.824. The van der Waals surface area contributed by atoms with E-state index in [1.807, 2.05) is 6.92 Å². The van der Waals surface area contributed by atoms with Crippen molar-refractivity contribution in [3.8, 4) is 11.5 Å². The molecule has 9 nitrogen and oxygen atoms in total. The van der Waals surface area contributed by atoms with Gasteiger partial charge in [-0.2, -0.15) is 0 Å². The van der Waals surface area contributed by atoms with Crippen molar-refractivity contribution in [2.45, 2.75) is 24.8 Å². The molecule has 10 heteroatoms. The first-order valence-electron chi connectivity index (χ1n) is 8.74. The first kappa shape index (κ1) is 22.0. The van der Waals surface area contributed by atoms with Gasteiger partial charge >= 0.3 is 0 Å². The van der Waals surface area contributed by atoms with E-state index < -0.39 is 22.8 Å². The largest absolute Gasteiger partial charge is 0.494 e. The van der Waals surface area contributed by atoms with Gasteiger partial charge in [0, 0.05) is 17.0 Å². The number of amides is 2. The lowest BCUT2D eigenvalue weighted by Gasteiger charge is -2.15. The maximum Gasteiger partial charge on any atom is 0.279 e. The van der Waals surface area contributed by atoms with Crippen LogP contribution in [0.3, 0.4) is 0 Å². The average Bonchev–Trinajstić information content (AvgIpc) is 2.72. The Kier molecular flexibility index (Phi) is 8.28. The van der Waals surface area contributed by atoms with Crippen molar-refractivity contribution in [2.24, 2.45) is 0 Å². The molecule has 0 aromatic heterocycles. The van der Waals surface area contributed by atoms with E-state index in [-0.39, 0.29) is 11.4 Å². The van der Waals surface area contributed by atoms with Crippen molar-refractivity contribution in [3.05, 3.63) is 58.6 Å². The van der Waals surface area contributed by atoms with Gasteiger partial charge in [0.05, 0.1) is 17.3 Å². The van der Waals surface area contributed by atoms with Crippen LogP contribution < -0.4 is 20.3 Å². The van der Waals surface area contributed by atoms with Crippen molar-refractivity contribution in [3.63, 3.8) is 0 Å². The van der Waals surface area contributed by atoms with Gasteiger partial charge in [-0.1, -0.05) is 0 Å². The van der Waals surface area contributed by atoms with E-state index in [1.54, 1.807) is 43.3 Å². The molecule has 0 fully saturated rings. The molecule has 0 aliphatic rings. The zero-order valence-electron chi connectivity index (χ0n) is 15.9. The third-order valence-electron chi connectivity index (χ3n) is 3.56. The molecular weight excluding hydrogens is 398 g/mol. The molecular formula is C19H21N3O6S. The van der Waals surface area contributed by atoms with Crippen LogP contribution in [0.2, 0.25) is 0 Å². The van der Waals surface area contributed by atoms with E-state index >= 15 is 0 Å². The third kappa shape index (κ3) is 7.34. The second kappa shape index (κ2) is 10.9. The fourth-order valence-corrected chi connectivity index (χ4v) is 2.82. The summed E-state index contributed by atoms with van der Waals surface area (Å²) in [5.41, 5.74) is 4.59. The maximum atomic E-state index is 12.1. The SMILES string of the molecule is CCOc1ccc(O[C@H](C)C(=O)NNC(=O)CSc2ccc([N+](=O)[O-])cc2)cc1. The fourth-order valence-electron chi connectivity index (χ4n) is 2.12. The summed E-state index contributed by atoms with van der Waals surface area (Å²) in [4.78, 5) is 34.7. The molecule has 2 aromatic carbocycles. The predicted molar refractivity (Wildman–Crippen MR) is 108 cm³/mol. The van der Waals surface area contributed by atoms with Crippen molar-refractivity contribution < 1.29 is 24.0 Å². The third-order valence-corrected chi connectivity index (χ3v) is 4.57. The highest BCUT2D eigenvalue weighted by Gasteiger charge is 2.15. The number of non-ortho nitro benzene ring substituents is 1. The van der Waals surface area contributed by atoms with Gasteiger partial charge in [-0.15, -0.1) is 11.8 Å². The van der Waals surface area contributed by atoms with Gasteiger partial charge in [0.25, 0.3) is 11.6 Å². The van der Waals surface area contributed by atoms with Gasteiger partial charge in [0.15, 0.2) is 6.10 Å². The molecule has 0 saturated heterocycles.